The summed E-state index contributed by atoms with van der Waals surface area (Å²) >= 11 is 0. The van der Waals surface area contributed by atoms with Crippen molar-refractivity contribution in [3.05, 3.63) is 59.4 Å². The fourth-order valence-corrected chi connectivity index (χ4v) is 4.27. The summed E-state index contributed by atoms with van der Waals surface area (Å²) in [5.74, 6) is 0.635. The van der Waals surface area contributed by atoms with Crippen LogP contribution in [0.15, 0.2) is 42.7 Å². The highest BCUT2D eigenvalue weighted by Crippen LogP contribution is 2.31. The molecule has 0 radical (unpaired) electrons. The molecule has 7 heteroatoms. The molecule has 31 heavy (non-hydrogen) atoms. The van der Waals surface area contributed by atoms with Gasteiger partial charge in [-0.25, -0.2) is 4.98 Å². The first-order valence-corrected chi connectivity index (χ1v) is 11.0. The number of aryl methyl sites for hydroxylation is 1. The molecule has 4 heterocycles. The maximum atomic E-state index is 12.9. The molecule has 0 aromatic carbocycles. The van der Waals surface area contributed by atoms with Gasteiger partial charge in [0.05, 0.1) is 5.56 Å². The van der Waals surface area contributed by atoms with E-state index in [0.29, 0.717) is 17.6 Å². The predicted octanol–water partition coefficient (Wildman–Crippen LogP) is 3.68. The van der Waals surface area contributed by atoms with Crippen molar-refractivity contribution in [1.82, 2.24) is 14.5 Å². The molecule has 7 nitrogen and oxygen atoms in total. The first kappa shape index (κ1) is 21.0. The van der Waals surface area contributed by atoms with Gasteiger partial charge in [-0.2, -0.15) is 0 Å². The second-order valence-electron chi connectivity index (χ2n) is 8.22. The lowest BCUT2D eigenvalue weighted by molar-refractivity contribution is 0.0723. The van der Waals surface area contributed by atoms with Crippen LogP contribution in [0.2, 0.25) is 0 Å². The summed E-state index contributed by atoms with van der Waals surface area (Å²) < 4.78 is 1.31. The fourth-order valence-electron chi connectivity index (χ4n) is 4.27. The molecule has 2 aliphatic rings. The van der Waals surface area contributed by atoms with Crippen molar-refractivity contribution in [3.63, 3.8) is 0 Å². The minimum absolute atomic E-state index is 0.0657. The Labute approximate surface area is 182 Å². The summed E-state index contributed by atoms with van der Waals surface area (Å²) in [5, 5.41) is 8.32. The Hall–Kier alpha value is -3.22. The Morgan fingerprint density at radius 3 is 2.61 bits per heavy atom. The number of allylic oxidation sites excluding steroid dienone is 1. The highest BCUT2D eigenvalue weighted by molar-refractivity contribution is 5.95. The van der Waals surface area contributed by atoms with Crippen molar-refractivity contribution in [2.75, 3.05) is 24.5 Å². The summed E-state index contributed by atoms with van der Waals surface area (Å²) in [5.41, 5.74) is 3.11. The number of nitrogens with one attached hydrogen (secondary N) is 1. The number of anilines is 2. The average Bonchev–Trinajstić information content (AvgIpc) is 2.82. The molecular weight excluding hydrogens is 390 g/mol. The van der Waals surface area contributed by atoms with Crippen molar-refractivity contribution >= 4 is 23.3 Å². The molecule has 2 aromatic heterocycles. The number of piperidine rings is 1. The lowest BCUT2D eigenvalue weighted by Crippen LogP contribution is -2.36. The predicted molar refractivity (Wildman–Crippen MR) is 120 cm³/mol. The number of likely N-dealkylation sites (tertiary alicyclic amines) is 1. The van der Waals surface area contributed by atoms with Crippen LogP contribution in [0.5, 0.6) is 0 Å². The Morgan fingerprint density at radius 2 is 1.90 bits per heavy atom. The minimum Gasteiger partial charge on any atom is -0.339 e. The minimum atomic E-state index is -0.253. The van der Waals surface area contributed by atoms with Gasteiger partial charge in [0.1, 0.15) is 11.3 Å². The van der Waals surface area contributed by atoms with E-state index in [1.807, 2.05) is 24.0 Å². The third kappa shape index (κ3) is 4.17. The monoisotopic (exact) mass is 419 g/mol. The second kappa shape index (κ2) is 8.88. The lowest BCUT2D eigenvalue weighted by atomic mass is 10.0. The van der Waals surface area contributed by atoms with Crippen LogP contribution in [-0.2, 0) is 6.42 Å². The van der Waals surface area contributed by atoms with E-state index in [0.717, 1.165) is 62.4 Å². The first-order valence-electron chi connectivity index (χ1n) is 11.0. The van der Waals surface area contributed by atoms with Crippen molar-refractivity contribution in [3.8, 4) is 0 Å². The van der Waals surface area contributed by atoms with Gasteiger partial charge in [0, 0.05) is 49.4 Å². The normalized spacial score (nSPS) is 16.0. The topological polar surface area (TPSA) is 82.3 Å². The highest BCUT2D eigenvalue weighted by atomic mass is 16.2. The number of hydrogen-bond acceptors (Lipinski definition) is 5. The maximum absolute atomic E-state index is 12.9. The number of amides is 1. The molecule has 0 spiro atoms. The van der Waals surface area contributed by atoms with Crippen LogP contribution < -0.4 is 10.4 Å². The van der Waals surface area contributed by atoms with Gasteiger partial charge < -0.3 is 9.80 Å². The van der Waals surface area contributed by atoms with E-state index in [4.69, 9.17) is 5.41 Å². The van der Waals surface area contributed by atoms with Gasteiger partial charge in [-0.3, -0.25) is 19.6 Å². The van der Waals surface area contributed by atoms with Crippen molar-refractivity contribution in [2.45, 2.75) is 45.4 Å². The Balaban J connectivity index is 1.60. The Morgan fingerprint density at radius 1 is 1.13 bits per heavy atom. The molecule has 0 unspecified atom stereocenters. The molecule has 0 saturated carbocycles. The van der Waals surface area contributed by atoms with Crippen LogP contribution in [0.3, 0.4) is 0 Å². The van der Waals surface area contributed by atoms with Crippen LogP contribution in [0, 0.1) is 5.41 Å². The van der Waals surface area contributed by atoms with Crippen molar-refractivity contribution < 1.29 is 9.59 Å². The summed E-state index contributed by atoms with van der Waals surface area (Å²) in [6.45, 7) is 8.08. The van der Waals surface area contributed by atoms with Gasteiger partial charge in [-0.1, -0.05) is 13.5 Å². The zero-order valence-electron chi connectivity index (χ0n) is 18.1. The molecule has 4 rings (SSSR count). The van der Waals surface area contributed by atoms with Gasteiger partial charge in [-0.05, 0) is 56.2 Å². The zero-order chi connectivity index (χ0) is 22.0. The second-order valence-corrected chi connectivity index (χ2v) is 8.22. The van der Waals surface area contributed by atoms with E-state index in [2.05, 4.69) is 16.5 Å². The fraction of sp³-hybridized carbons (Fsp3) is 0.417. The molecule has 1 amide bonds. The van der Waals surface area contributed by atoms with E-state index in [1.54, 1.807) is 18.5 Å². The van der Waals surface area contributed by atoms with Gasteiger partial charge in [0.25, 0.3) is 11.8 Å². The number of aromatic nitrogens is 2. The molecule has 1 fully saturated rings. The third-order valence-electron chi connectivity index (χ3n) is 6.11. The smallest absolute Gasteiger partial charge is 0.258 e. The van der Waals surface area contributed by atoms with Crippen molar-refractivity contribution in [2.24, 2.45) is 0 Å². The van der Waals surface area contributed by atoms with E-state index in [1.165, 1.54) is 11.0 Å². The largest absolute Gasteiger partial charge is 0.339 e. The van der Waals surface area contributed by atoms with Gasteiger partial charge in [0.15, 0.2) is 0 Å². The number of nitrogens with zero attached hydrogens (tertiary/aromatic N) is 4. The lowest BCUT2D eigenvalue weighted by Gasteiger charge is -2.31. The third-order valence-corrected chi connectivity index (χ3v) is 6.11. The summed E-state index contributed by atoms with van der Waals surface area (Å²) in [7, 11) is 0. The van der Waals surface area contributed by atoms with Crippen LogP contribution >= 0.6 is 0 Å². The van der Waals surface area contributed by atoms with Gasteiger partial charge in [-0.15, -0.1) is 0 Å². The molecule has 0 bridgehead atoms. The summed E-state index contributed by atoms with van der Waals surface area (Å²) in [6.07, 6.45) is 8.98. The number of rotatable bonds is 4. The number of hydrogen-bond donors (Lipinski definition) is 1. The standard InChI is InChI=1S/C24H29N5O2/c1-3-17(2)23(30)29-13-9-20(15-21(29)25)28-12-7-8-18-14-19(16-26-22(18)28)24(31)27-10-5-4-6-11-27/h9,13-16,25H,2-8,10-12H2,1H3. The van der Waals surface area contributed by atoms with E-state index < -0.39 is 0 Å². The van der Waals surface area contributed by atoms with E-state index in [9.17, 15) is 9.59 Å². The molecule has 2 aromatic rings. The molecule has 0 atom stereocenters. The molecule has 2 aliphatic heterocycles. The van der Waals surface area contributed by atoms with Gasteiger partial charge in [0.2, 0.25) is 0 Å². The molecule has 162 valence electrons. The number of pyridine rings is 2. The number of carbonyl (C=O) groups is 2. The van der Waals surface area contributed by atoms with Crippen molar-refractivity contribution in [1.29, 1.82) is 5.41 Å². The van der Waals surface area contributed by atoms with Crippen LogP contribution in [0.4, 0.5) is 11.5 Å². The van der Waals surface area contributed by atoms with E-state index in [-0.39, 0.29) is 17.3 Å². The Kier molecular flexibility index (Phi) is 6.02. The van der Waals surface area contributed by atoms with Crippen LogP contribution in [-0.4, -0.2) is 45.9 Å². The van der Waals surface area contributed by atoms with E-state index >= 15 is 0 Å². The quantitative estimate of drug-likeness (QED) is 0.767. The molecule has 0 aliphatic carbocycles. The maximum Gasteiger partial charge on any atom is 0.258 e. The summed E-state index contributed by atoms with van der Waals surface area (Å²) in [6, 6.07) is 5.50. The highest BCUT2D eigenvalue weighted by Gasteiger charge is 2.24. The summed E-state index contributed by atoms with van der Waals surface area (Å²) in [4.78, 5) is 33.9. The molecule has 1 N–H and O–H groups in total. The zero-order valence-corrected chi connectivity index (χ0v) is 18.1. The first-order chi connectivity index (χ1) is 15.0. The van der Waals surface area contributed by atoms with Crippen LogP contribution in [0.25, 0.3) is 0 Å². The molecular formula is C24H29N5O2. The Bertz CT molecular complexity index is 1080. The molecule has 1 saturated heterocycles. The number of fused-ring (bicyclic) bond motifs is 1. The SMILES string of the molecule is C=C(CC)C(=O)n1ccc(N2CCCc3cc(C(=O)N4CCCCC4)cnc32)cc1=N. The average molecular weight is 420 g/mol. The number of carbonyl (C=O) groups excluding carboxylic acids is 2. The van der Waals surface area contributed by atoms with Crippen LogP contribution in [0.1, 0.15) is 59.7 Å². The van der Waals surface area contributed by atoms with Gasteiger partial charge >= 0.3 is 0 Å².